The number of pyridine rings is 1. The molecule has 2 fully saturated rings. The van der Waals surface area contributed by atoms with Crippen LogP contribution in [0, 0.1) is 16.0 Å². The SMILES string of the molecule is Nc1cc([N+](=O)[O-])cc(N2CCC3(O)CCCCC3C2)n1. The minimum atomic E-state index is -0.568. The van der Waals surface area contributed by atoms with Crippen LogP contribution in [0.2, 0.25) is 0 Å². The van der Waals surface area contributed by atoms with Crippen molar-refractivity contribution in [2.45, 2.75) is 37.7 Å². The Morgan fingerprint density at radius 2 is 2.24 bits per heavy atom. The third kappa shape index (κ3) is 2.65. The number of hydrogen-bond acceptors (Lipinski definition) is 6. The first-order valence-electron chi connectivity index (χ1n) is 7.37. The molecule has 1 aliphatic heterocycles. The van der Waals surface area contributed by atoms with E-state index in [1.54, 1.807) is 0 Å². The zero-order valence-electron chi connectivity index (χ0n) is 11.9. The van der Waals surface area contributed by atoms with E-state index >= 15 is 0 Å². The summed E-state index contributed by atoms with van der Waals surface area (Å²) in [6, 6.07) is 2.73. The first-order chi connectivity index (χ1) is 9.98. The summed E-state index contributed by atoms with van der Waals surface area (Å²) < 4.78 is 0. The van der Waals surface area contributed by atoms with E-state index in [-0.39, 0.29) is 17.4 Å². The molecular weight excluding hydrogens is 272 g/mol. The molecule has 3 N–H and O–H groups in total. The standard InChI is InChI=1S/C14H20N4O3/c15-12-7-11(18(20)21)8-13(16-12)17-6-5-14(19)4-2-1-3-10(14)9-17/h7-8,10,19H,1-6,9H2,(H2,15,16). The lowest BCUT2D eigenvalue weighted by atomic mass is 9.71. The molecule has 2 atom stereocenters. The summed E-state index contributed by atoms with van der Waals surface area (Å²) in [5.41, 5.74) is 5.06. The lowest BCUT2D eigenvalue weighted by Crippen LogP contribution is -2.53. The van der Waals surface area contributed by atoms with Gasteiger partial charge in [-0.2, -0.15) is 0 Å². The van der Waals surface area contributed by atoms with Gasteiger partial charge in [-0.3, -0.25) is 10.1 Å². The number of fused-ring (bicyclic) bond motifs is 1. The van der Waals surface area contributed by atoms with Crippen LogP contribution in [0.1, 0.15) is 32.1 Å². The predicted molar refractivity (Wildman–Crippen MR) is 79.0 cm³/mol. The zero-order valence-corrected chi connectivity index (χ0v) is 11.9. The maximum Gasteiger partial charge on any atom is 0.276 e. The highest BCUT2D eigenvalue weighted by Crippen LogP contribution is 2.40. The number of aliphatic hydroxyl groups is 1. The number of nitrogen functional groups attached to an aromatic ring is 1. The van der Waals surface area contributed by atoms with E-state index in [0.717, 1.165) is 25.7 Å². The van der Waals surface area contributed by atoms with Crippen LogP contribution in [0.5, 0.6) is 0 Å². The van der Waals surface area contributed by atoms with Crippen molar-refractivity contribution in [3.8, 4) is 0 Å². The van der Waals surface area contributed by atoms with E-state index in [4.69, 9.17) is 5.73 Å². The number of anilines is 2. The van der Waals surface area contributed by atoms with E-state index in [1.807, 2.05) is 4.90 Å². The van der Waals surface area contributed by atoms with Crippen molar-refractivity contribution in [3.63, 3.8) is 0 Å². The van der Waals surface area contributed by atoms with Crippen molar-refractivity contribution in [1.29, 1.82) is 0 Å². The number of rotatable bonds is 2. The molecule has 0 radical (unpaired) electrons. The normalized spacial score (nSPS) is 29.0. The second-order valence-corrected chi connectivity index (χ2v) is 6.11. The lowest BCUT2D eigenvalue weighted by molar-refractivity contribution is -0.384. The van der Waals surface area contributed by atoms with Gasteiger partial charge in [0, 0.05) is 19.0 Å². The second-order valence-electron chi connectivity index (χ2n) is 6.11. The predicted octanol–water partition coefficient (Wildman–Crippen LogP) is 1.70. The van der Waals surface area contributed by atoms with Gasteiger partial charge in [-0.15, -0.1) is 0 Å². The van der Waals surface area contributed by atoms with Gasteiger partial charge in [-0.25, -0.2) is 4.98 Å². The van der Waals surface area contributed by atoms with Crippen LogP contribution in [-0.4, -0.2) is 33.7 Å². The van der Waals surface area contributed by atoms with E-state index in [0.29, 0.717) is 25.3 Å². The molecule has 0 amide bonds. The van der Waals surface area contributed by atoms with Crippen LogP contribution in [0.15, 0.2) is 12.1 Å². The Balaban J connectivity index is 1.83. The Kier molecular flexibility index (Phi) is 3.44. The molecule has 1 aromatic heterocycles. The maximum atomic E-state index is 10.9. The fraction of sp³-hybridized carbons (Fsp3) is 0.643. The highest BCUT2D eigenvalue weighted by molar-refractivity contribution is 5.54. The summed E-state index contributed by atoms with van der Waals surface area (Å²) in [5, 5.41) is 21.6. The van der Waals surface area contributed by atoms with Gasteiger partial charge in [-0.05, 0) is 19.3 Å². The third-order valence-corrected chi connectivity index (χ3v) is 4.78. The smallest absolute Gasteiger partial charge is 0.276 e. The molecule has 1 aromatic rings. The summed E-state index contributed by atoms with van der Waals surface area (Å²) in [5.74, 6) is 0.903. The Morgan fingerprint density at radius 1 is 1.43 bits per heavy atom. The number of hydrogen-bond donors (Lipinski definition) is 2. The van der Waals surface area contributed by atoms with Gasteiger partial charge >= 0.3 is 0 Å². The highest BCUT2D eigenvalue weighted by Gasteiger charge is 2.43. The highest BCUT2D eigenvalue weighted by atomic mass is 16.6. The largest absolute Gasteiger partial charge is 0.389 e. The van der Waals surface area contributed by atoms with Gasteiger partial charge in [0.15, 0.2) is 0 Å². The molecule has 1 saturated carbocycles. The van der Waals surface area contributed by atoms with Crippen molar-refractivity contribution in [2.24, 2.45) is 5.92 Å². The minimum absolute atomic E-state index is 0.0398. The quantitative estimate of drug-likeness (QED) is 0.635. The zero-order chi connectivity index (χ0) is 15.0. The average Bonchev–Trinajstić information content (AvgIpc) is 2.45. The molecular formula is C14H20N4O3. The lowest BCUT2D eigenvalue weighted by Gasteiger charge is -2.47. The van der Waals surface area contributed by atoms with Gasteiger partial charge in [0.25, 0.3) is 5.69 Å². The molecule has 2 heterocycles. The van der Waals surface area contributed by atoms with Gasteiger partial charge in [0.2, 0.25) is 0 Å². The van der Waals surface area contributed by atoms with E-state index < -0.39 is 10.5 Å². The summed E-state index contributed by atoms with van der Waals surface area (Å²) in [6.07, 6.45) is 4.75. The molecule has 3 rings (SSSR count). The monoisotopic (exact) mass is 292 g/mol. The first kappa shape index (κ1) is 14.1. The third-order valence-electron chi connectivity index (χ3n) is 4.78. The van der Waals surface area contributed by atoms with Crippen LogP contribution in [0.25, 0.3) is 0 Å². The average molecular weight is 292 g/mol. The molecule has 114 valence electrons. The summed E-state index contributed by atoms with van der Waals surface area (Å²) in [7, 11) is 0. The number of nitro groups is 1. The van der Waals surface area contributed by atoms with Crippen molar-refractivity contribution >= 4 is 17.3 Å². The molecule has 0 bridgehead atoms. The molecule has 7 nitrogen and oxygen atoms in total. The van der Waals surface area contributed by atoms with E-state index in [1.165, 1.54) is 12.1 Å². The Bertz CT molecular complexity index is 565. The van der Waals surface area contributed by atoms with E-state index in [9.17, 15) is 15.2 Å². The maximum absolute atomic E-state index is 10.9. The summed E-state index contributed by atoms with van der Waals surface area (Å²) in [4.78, 5) is 16.7. The van der Waals surface area contributed by atoms with Crippen LogP contribution >= 0.6 is 0 Å². The molecule has 0 spiro atoms. The molecule has 7 heteroatoms. The Morgan fingerprint density at radius 3 is 3.00 bits per heavy atom. The van der Waals surface area contributed by atoms with E-state index in [2.05, 4.69) is 4.98 Å². The number of nitrogens with two attached hydrogens (primary N) is 1. The van der Waals surface area contributed by atoms with Gasteiger partial charge in [0.1, 0.15) is 11.6 Å². The van der Waals surface area contributed by atoms with Crippen LogP contribution < -0.4 is 10.6 Å². The van der Waals surface area contributed by atoms with Gasteiger partial charge in [-0.1, -0.05) is 12.8 Å². The number of aromatic nitrogens is 1. The molecule has 0 aromatic carbocycles. The van der Waals surface area contributed by atoms with Crippen molar-refractivity contribution in [1.82, 2.24) is 4.98 Å². The van der Waals surface area contributed by atoms with Crippen molar-refractivity contribution in [2.75, 3.05) is 23.7 Å². The molecule has 1 saturated heterocycles. The molecule has 2 unspecified atom stereocenters. The second kappa shape index (κ2) is 5.14. The number of piperidine rings is 1. The van der Waals surface area contributed by atoms with Gasteiger partial charge < -0.3 is 15.7 Å². The van der Waals surface area contributed by atoms with Crippen LogP contribution in [0.3, 0.4) is 0 Å². The fourth-order valence-corrected chi connectivity index (χ4v) is 3.57. The van der Waals surface area contributed by atoms with Gasteiger partial charge in [0.05, 0.1) is 22.7 Å². The summed E-state index contributed by atoms with van der Waals surface area (Å²) >= 11 is 0. The fourth-order valence-electron chi connectivity index (χ4n) is 3.57. The first-order valence-corrected chi connectivity index (χ1v) is 7.37. The topological polar surface area (TPSA) is 106 Å². The minimum Gasteiger partial charge on any atom is -0.389 e. The Hall–Kier alpha value is -1.89. The van der Waals surface area contributed by atoms with Crippen LogP contribution in [-0.2, 0) is 0 Å². The molecule has 1 aliphatic carbocycles. The van der Waals surface area contributed by atoms with Crippen LogP contribution in [0.4, 0.5) is 17.3 Å². The Labute approximate surface area is 122 Å². The summed E-state index contributed by atoms with van der Waals surface area (Å²) in [6.45, 7) is 1.34. The van der Waals surface area contributed by atoms with Crippen molar-refractivity contribution < 1.29 is 10.0 Å². The molecule has 21 heavy (non-hydrogen) atoms. The molecule has 2 aliphatic rings. The van der Waals surface area contributed by atoms with Crippen molar-refractivity contribution in [3.05, 3.63) is 22.2 Å². The number of nitrogens with zero attached hydrogens (tertiary/aromatic N) is 3.